The molecule has 0 N–H and O–H groups in total. The molecule has 2 aliphatic rings. The largest absolute Gasteiger partial charge is 0.508 e. The summed E-state index contributed by atoms with van der Waals surface area (Å²) < 4.78 is 15.4. The smallest absolute Gasteiger partial charge is 0.459 e. The van der Waals surface area contributed by atoms with Crippen molar-refractivity contribution in [3.63, 3.8) is 0 Å². The number of β-lactam (4-membered cyclic amide) rings is 1. The summed E-state index contributed by atoms with van der Waals surface area (Å²) in [5.41, 5.74) is 0.714. The predicted octanol–water partition coefficient (Wildman–Crippen LogP) is 2.46. The van der Waals surface area contributed by atoms with Crippen LogP contribution in [0.25, 0.3) is 0 Å². The van der Waals surface area contributed by atoms with Crippen molar-refractivity contribution in [1.82, 2.24) is 4.90 Å². The molecule has 2 heterocycles. The first-order valence-electron chi connectivity index (χ1n) is 11.4. The number of ketones is 1. The van der Waals surface area contributed by atoms with Crippen LogP contribution in [-0.2, 0) is 41.8 Å². The second-order valence-electron chi connectivity index (χ2n) is 8.73. The molecule has 0 aromatic heterocycles. The number of carbonyl (C=O) groups is 4. The van der Waals surface area contributed by atoms with Crippen molar-refractivity contribution < 1.29 is 43.2 Å². The highest BCUT2D eigenvalue weighted by Gasteiger charge is 2.62. The van der Waals surface area contributed by atoms with Gasteiger partial charge in [-0.15, -0.1) is 0 Å². The summed E-state index contributed by atoms with van der Waals surface area (Å²) in [6.07, 6.45) is -2.12. The van der Waals surface area contributed by atoms with E-state index in [4.69, 9.17) is 14.2 Å². The number of hydrogen-bond acceptors (Lipinski definition) is 11. The SMILES string of the molecule is C[C@@H](OC(=O)OCc1ccc([N+](=O)[O-])cc1)[C@H]1C(=O)N2[C@@H](C(=O)OCc3ccc([N+](=O)[O-])cc3)C(=O)C[C@H]12. The summed E-state index contributed by atoms with van der Waals surface area (Å²) in [4.78, 5) is 71.4. The number of non-ortho nitro benzene ring substituents is 2. The Labute approximate surface area is 214 Å². The van der Waals surface area contributed by atoms with Crippen LogP contribution < -0.4 is 0 Å². The highest BCUT2D eigenvalue weighted by atomic mass is 16.7. The lowest BCUT2D eigenvalue weighted by Crippen LogP contribution is -2.65. The number of ether oxygens (including phenoxy) is 3. The molecule has 1 amide bonds. The van der Waals surface area contributed by atoms with E-state index in [1.807, 2.05) is 0 Å². The van der Waals surface area contributed by atoms with Crippen LogP contribution in [-0.4, -0.2) is 56.7 Å². The molecule has 0 saturated carbocycles. The summed E-state index contributed by atoms with van der Waals surface area (Å²) in [5, 5.41) is 21.4. The van der Waals surface area contributed by atoms with E-state index in [9.17, 15) is 39.4 Å². The van der Waals surface area contributed by atoms with Gasteiger partial charge in [0, 0.05) is 30.7 Å². The number of Topliss-reactive ketones (excluding diaryl/α,β-unsaturated/α-hetero) is 1. The summed E-state index contributed by atoms with van der Waals surface area (Å²) in [5.74, 6) is -2.82. The fraction of sp³-hybridized carbons (Fsp3) is 0.333. The molecule has 0 radical (unpaired) electrons. The molecule has 0 bridgehead atoms. The molecular weight excluding hydrogens is 506 g/mol. The Morgan fingerprint density at radius 2 is 1.42 bits per heavy atom. The van der Waals surface area contributed by atoms with Gasteiger partial charge in [-0.3, -0.25) is 29.8 Å². The Balaban J connectivity index is 1.28. The Morgan fingerprint density at radius 1 is 0.921 bits per heavy atom. The summed E-state index contributed by atoms with van der Waals surface area (Å²) in [6.45, 7) is 1.02. The van der Waals surface area contributed by atoms with Gasteiger partial charge in [0.15, 0.2) is 11.8 Å². The number of nitro benzene ring substituents is 2. The summed E-state index contributed by atoms with van der Waals surface area (Å²) in [6, 6.07) is 8.64. The lowest BCUT2D eigenvalue weighted by molar-refractivity contribution is -0.385. The van der Waals surface area contributed by atoms with Gasteiger partial charge < -0.3 is 19.1 Å². The average Bonchev–Trinajstić information content (AvgIpc) is 3.18. The van der Waals surface area contributed by atoms with Crippen LogP contribution in [0.5, 0.6) is 0 Å². The summed E-state index contributed by atoms with van der Waals surface area (Å²) >= 11 is 0. The minimum Gasteiger partial charge on any atom is -0.459 e. The number of amides is 1. The van der Waals surface area contributed by atoms with E-state index in [-0.39, 0.29) is 31.0 Å². The monoisotopic (exact) mass is 527 g/mol. The number of rotatable bonds is 9. The van der Waals surface area contributed by atoms with Crippen molar-refractivity contribution in [3.05, 3.63) is 79.9 Å². The maximum absolute atomic E-state index is 12.8. The van der Waals surface area contributed by atoms with E-state index in [1.54, 1.807) is 0 Å². The van der Waals surface area contributed by atoms with Crippen molar-refractivity contribution in [2.24, 2.45) is 5.92 Å². The molecule has 2 aromatic carbocycles. The van der Waals surface area contributed by atoms with Crippen molar-refractivity contribution in [1.29, 1.82) is 0 Å². The molecule has 0 spiro atoms. The van der Waals surface area contributed by atoms with Gasteiger partial charge >= 0.3 is 12.1 Å². The van der Waals surface area contributed by atoms with Crippen LogP contribution in [0.1, 0.15) is 24.5 Å². The second kappa shape index (κ2) is 10.6. The maximum Gasteiger partial charge on any atom is 0.508 e. The lowest BCUT2D eigenvalue weighted by atomic mass is 9.84. The molecule has 38 heavy (non-hydrogen) atoms. The van der Waals surface area contributed by atoms with E-state index in [2.05, 4.69) is 0 Å². The quantitative estimate of drug-likeness (QED) is 0.153. The van der Waals surface area contributed by atoms with Crippen molar-refractivity contribution in [2.45, 2.75) is 44.7 Å². The second-order valence-corrected chi connectivity index (χ2v) is 8.73. The van der Waals surface area contributed by atoms with E-state index < -0.39 is 57.8 Å². The van der Waals surface area contributed by atoms with E-state index in [0.29, 0.717) is 11.1 Å². The Hall–Kier alpha value is -4.88. The molecule has 4 atom stereocenters. The first kappa shape index (κ1) is 26.2. The first-order chi connectivity index (χ1) is 18.1. The van der Waals surface area contributed by atoms with Gasteiger partial charge in [0.25, 0.3) is 11.4 Å². The standard InChI is InChI=1S/C24H21N3O11/c1-13(38-24(31)37-12-15-4-8-17(9-5-15)27(34)35)20-18-10-19(28)21(25(18)22(20)29)23(30)36-11-14-2-6-16(7-3-14)26(32)33/h2-9,13,18,20-21H,10-12H2,1H3/t13-,18-,20-,21-/m1/s1. The normalized spacial score (nSPS) is 20.7. The summed E-state index contributed by atoms with van der Waals surface area (Å²) in [7, 11) is 0. The van der Waals surface area contributed by atoms with Crippen molar-refractivity contribution in [2.75, 3.05) is 0 Å². The Kier molecular flexibility index (Phi) is 7.32. The predicted molar refractivity (Wildman–Crippen MR) is 124 cm³/mol. The van der Waals surface area contributed by atoms with Gasteiger partial charge in [-0.25, -0.2) is 9.59 Å². The van der Waals surface area contributed by atoms with Crippen LogP contribution in [0.4, 0.5) is 16.2 Å². The topological polar surface area (TPSA) is 185 Å². The Morgan fingerprint density at radius 3 is 1.92 bits per heavy atom. The number of carbonyl (C=O) groups excluding carboxylic acids is 4. The number of hydrogen-bond donors (Lipinski definition) is 0. The third-order valence-corrected chi connectivity index (χ3v) is 6.35. The van der Waals surface area contributed by atoms with Gasteiger partial charge in [0.05, 0.1) is 21.8 Å². The maximum atomic E-state index is 12.8. The van der Waals surface area contributed by atoms with E-state index in [1.165, 1.54) is 55.5 Å². The fourth-order valence-corrected chi connectivity index (χ4v) is 4.43. The van der Waals surface area contributed by atoms with E-state index in [0.717, 1.165) is 4.90 Å². The number of nitrogens with zero attached hydrogens (tertiary/aromatic N) is 3. The van der Waals surface area contributed by atoms with Gasteiger partial charge in [-0.1, -0.05) is 0 Å². The molecule has 0 unspecified atom stereocenters. The highest BCUT2D eigenvalue weighted by Crippen LogP contribution is 2.41. The molecule has 0 aliphatic carbocycles. The van der Waals surface area contributed by atoms with Crippen LogP contribution in [0.2, 0.25) is 0 Å². The molecule has 2 aliphatic heterocycles. The number of benzene rings is 2. The zero-order valence-electron chi connectivity index (χ0n) is 19.9. The van der Waals surface area contributed by atoms with Gasteiger partial charge in [0.1, 0.15) is 19.3 Å². The van der Waals surface area contributed by atoms with E-state index >= 15 is 0 Å². The molecule has 14 nitrogen and oxygen atoms in total. The lowest BCUT2D eigenvalue weighted by Gasteiger charge is -2.45. The molecule has 198 valence electrons. The molecule has 2 fully saturated rings. The third kappa shape index (κ3) is 5.28. The van der Waals surface area contributed by atoms with Crippen LogP contribution in [0.3, 0.4) is 0 Å². The minimum absolute atomic E-state index is 0.112. The minimum atomic E-state index is -1.41. The van der Waals surface area contributed by atoms with Crippen LogP contribution in [0, 0.1) is 26.1 Å². The first-order valence-corrected chi connectivity index (χ1v) is 11.4. The zero-order valence-corrected chi connectivity index (χ0v) is 19.9. The Bertz CT molecular complexity index is 1290. The van der Waals surface area contributed by atoms with Crippen molar-refractivity contribution >= 4 is 35.2 Å². The third-order valence-electron chi connectivity index (χ3n) is 6.35. The molecule has 14 heteroatoms. The fourth-order valence-electron chi connectivity index (χ4n) is 4.43. The number of nitro groups is 2. The average molecular weight is 527 g/mol. The van der Waals surface area contributed by atoms with Crippen molar-refractivity contribution in [3.8, 4) is 0 Å². The molecule has 2 aromatic rings. The highest BCUT2D eigenvalue weighted by molar-refractivity contribution is 6.11. The molecule has 4 rings (SSSR count). The molecular formula is C24H21N3O11. The van der Waals surface area contributed by atoms with Crippen LogP contribution >= 0.6 is 0 Å². The van der Waals surface area contributed by atoms with Gasteiger partial charge in [0.2, 0.25) is 5.91 Å². The van der Waals surface area contributed by atoms with Gasteiger partial charge in [-0.05, 0) is 42.3 Å². The molecule has 2 saturated heterocycles. The van der Waals surface area contributed by atoms with Crippen LogP contribution in [0.15, 0.2) is 48.5 Å². The number of esters is 1. The zero-order chi connectivity index (χ0) is 27.6. The number of fused-ring (bicyclic) bond motifs is 1. The van der Waals surface area contributed by atoms with Gasteiger partial charge in [-0.2, -0.15) is 0 Å².